The molecule has 0 N–H and O–H groups in total. The number of benzene rings is 3. The molecule has 0 radical (unpaired) electrons. The number of halogens is 5. The summed E-state index contributed by atoms with van der Waals surface area (Å²) in [6.07, 6.45) is 1.47. The molecule has 0 aliphatic carbocycles. The Hall–Kier alpha value is -4.38. The second kappa shape index (κ2) is 11.8. The molecule has 38 heavy (non-hydrogen) atoms. The monoisotopic (exact) mass is 584 g/mol. The summed E-state index contributed by atoms with van der Waals surface area (Å²) in [5.41, 5.74) is 1.79. The van der Waals surface area contributed by atoms with Crippen LogP contribution in [0.2, 0.25) is 0 Å². The maximum absolute atomic E-state index is 13.1. The van der Waals surface area contributed by atoms with Gasteiger partial charge in [-0.25, -0.2) is 19.3 Å². The minimum Gasteiger partial charge on any atom is -0.405 e. The zero-order valence-electron chi connectivity index (χ0n) is 19.3. The van der Waals surface area contributed by atoms with E-state index in [-0.39, 0.29) is 22.8 Å². The minimum absolute atomic E-state index is 0.151. The first-order chi connectivity index (χ1) is 18.2. The second-order valence-corrected chi connectivity index (χ2v) is 8.32. The molecule has 0 bridgehead atoms. The first-order valence-corrected chi connectivity index (χ1v) is 11.7. The van der Waals surface area contributed by atoms with Crippen molar-refractivity contribution in [2.24, 2.45) is 0 Å². The molecule has 0 atom stereocenters. The van der Waals surface area contributed by atoms with E-state index in [0.29, 0.717) is 21.5 Å². The van der Waals surface area contributed by atoms with Gasteiger partial charge in [-0.2, -0.15) is 0 Å². The maximum Gasteiger partial charge on any atom is 0.573 e. The summed E-state index contributed by atoms with van der Waals surface area (Å²) in [5.74, 6) is -1.14. The Morgan fingerprint density at radius 3 is 2.24 bits per heavy atom. The highest BCUT2D eigenvalue weighted by Gasteiger charge is 2.32. The van der Waals surface area contributed by atoms with Crippen molar-refractivity contribution in [3.05, 3.63) is 126 Å². The molecule has 0 unspecified atom stereocenters. The number of alkyl halides is 3. The molecule has 0 saturated carbocycles. The fourth-order valence-corrected chi connectivity index (χ4v) is 3.60. The molecule has 5 aromatic rings. The van der Waals surface area contributed by atoms with Crippen molar-refractivity contribution in [2.45, 2.75) is 6.36 Å². The summed E-state index contributed by atoms with van der Waals surface area (Å²) in [6.45, 7) is 0. The summed E-state index contributed by atoms with van der Waals surface area (Å²) < 4.78 is 57.6. The maximum atomic E-state index is 13.1. The average molecular weight is 585 g/mol. The van der Waals surface area contributed by atoms with E-state index in [0.717, 1.165) is 0 Å². The van der Waals surface area contributed by atoms with E-state index in [1.165, 1.54) is 55.0 Å². The number of aromatic nitrogens is 4. The molecule has 11 heteroatoms. The summed E-state index contributed by atoms with van der Waals surface area (Å²) in [4.78, 5) is 24.2. The predicted octanol–water partition coefficient (Wildman–Crippen LogP) is 7.05. The fraction of sp³-hybridized carbons (Fsp3) is 0.0370. The van der Waals surface area contributed by atoms with E-state index in [2.05, 4.69) is 35.6 Å². The van der Waals surface area contributed by atoms with Crippen molar-refractivity contribution in [3.8, 4) is 22.6 Å². The number of nitrogens with zero attached hydrogens (tertiary/aromatic N) is 4. The Morgan fingerprint density at radius 2 is 1.58 bits per heavy atom. The van der Waals surface area contributed by atoms with Gasteiger partial charge < -0.3 is 9.30 Å². The highest BCUT2D eigenvalue weighted by molar-refractivity contribution is 9.10. The van der Waals surface area contributed by atoms with Crippen LogP contribution >= 0.6 is 15.9 Å². The lowest BCUT2D eigenvalue weighted by Gasteiger charge is -2.14. The van der Waals surface area contributed by atoms with E-state index in [1.807, 2.05) is 0 Å². The van der Waals surface area contributed by atoms with E-state index >= 15 is 0 Å². The zero-order chi connectivity index (χ0) is 27.1. The number of ketones is 1. The molecule has 6 nitrogen and oxygen atoms in total. The summed E-state index contributed by atoms with van der Waals surface area (Å²) >= 11 is 3.09. The Labute approximate surface area is 222 Å². The average Bonchev–Trinajstić information content (AvgIpc) is 3.40. The Kier molecular flexibility index (Phi) is 8.27. The van der Waals surface area contributed by atoms with Crippen LogP contribution in [0.1, 0.15) is 16.1 Å². The fourth-order valence-electron chi connectivity index (χ4n) is 3.36. The molecule has 0 amide bonds. The van der Waals surface area contributed by atoms with Crippen molar-refractivity contribution in [2.75, 3.05) is 0 Å². The number of para-hydroxylation sites is 1. The molecule has 0 fully saturated rings. The number of carbonyl (C=O) groups excluding carboxylic acids is 1. The van der Waals surface area contributed by atoms with Gasteiger partial charge in [0.05, 0.1) is 0 Å². The van der Waals surface area contributed by atoms with Crippen LogP contribution in [0, 0.1) is 5.82 Å². The topological polar surface area (TPSA) is 69.9 Å². The van der Waals surface area contributed by atoms with Crippen LogP contribution in [0.15, 0.2) is 109 Å². The van der Waals surface area contributed by atoms with Crippen molar-refractivity contribution in [3.63, 3.8) is 0 Å². The van der Waals surface area contributed by atoms with Gasteiger partial charge in [0.25, 0.3) is 0 Å². The van der Waals surface area contributed by atoms with Crippen LogP contribution in [-0.4, -0.2) is 31.7 Å². The highest BCUT2D eigenvalue weighted by Crippen LogP contribution is 2.34. The van der Waals surface area contributed by atoms with Gasteiger partial charge >= 0.3 is 6.36 Å². The van der Waals surface area contributed by atoms with Crippen LogP contribution in [0.25, 0.3) is 16.8 Å². The summed E-state index contributed by atoms with van der Waals surface area (Å²) in [5, 5.41) is 0. The standard InChI is InChI=1S/C23H14F4N2O2.C4H3BrN2/c24-17-10-8-15(9-11-17)22(30)20-13-29(14-28-20)18-5-3-4-16(12-18)19-6-1-2-7-21(19)31-23(25,26)27;5-4-6-2-1-3-7-4/h1-14H;1-3H. The van der Waals surface area contributed by atoms with Crippen LogP contribution in [0.5, 0.6) is 5.75 Å². The van der Waals surface area contributed by atoms with Gasteiger partial charge in [0.15, 0.2) is 4.73 Å². The van der Waals surface area contributed by atoms with Gasteiger partial charge in [0.2, 0.25) is 5.78 Å². The number of imidazole rings is 1. The third kappa shape index (κ3) is 7.10. The van der Waals surface area contributed by atoms with E-state index in [9.17, 15) is 22.4 Å². The van der Waals surface area contributed by atoms with Crippen LogP contribution in [0.4, 0.5) is 17.6 Å². The molecule has 2 aromatic heterocycles. The molecule has 0 spiro atoms. The normalized spacial score (nSPS) is 10.9. The van der Waals surface area contributed by atoms with Gasteiger partial charge in [-0.05, 0) is 70.0 Å². The van der Waals surface area contributed by atoms with Crippen LogP contribution < -0.4 is 4.74 Å². The second-order valence-electron chi connectivity index (χ2n) is 7.61. The van der Waals surface area contributed by atoms with Crippen LogP contribution in [-0.2, 0) is 0 Å². The number of hydrogen-bond donors (Lipinski definition) is 0. The third-order valence-electron chi connectivity index (χ3n) is 5.02. The molecular weight excluding hydrogens is 568 g/mol. The third-order valence-corrected chi connectivity index (χ3v) is 5.43. The van der Waals surface area contributed by atoms with Crippen molar-refractivity contribution in [1.82, 2.24) is 19.5 Å². The molecule has 192 valence electrons. The van der Waals surface area contributed by atoms with E-state index in [1.54, 1.807) is 53.4 Å². The predicted molar refractivity (Wildman–Crippen MR) is 135 cm³/mol. The molecular formula is C27H17BrF4N4O2. The number of ether oxygens (including phenoxy) is 1. The lowest BCUT2D eigenvalue weighted by molar-refractivity contribution is -0.274. The first kappa shape index (κ1) is 26.7. The van der Waals surface area contributed by atoms with Crippen LogP contribution in [0.3, 0.4) is 0 Å². The lowest BCUT2D eigenvalue weighted by Crippen LogP contribution is -2.17. The molecule has 0 saturated heterocycles. The zero-order valence-corrected chi connectivity index (χ0v) is 20.9. The quantitative estimate of drug-likeness (QED) is 0.126. The van der Waals surface area contributed by atoms with Crippen molar-refractivity contribution >= 4 is 21.7 Å². The van der Waals surface area contributed by atoms with Gasteiger partial charge in [-0.1, -0.05) is 30.3 Å². The highest BCUT2D eigenvalue weighted by atomic mass is 79.9. The number of carbonyl (C=O) groups is 1. The summed E-state index contributed by atoms with van der Waals surface area (Å²) in [6, 6.07) is 19.4. The van der Waals surface area contributed by atoms with Crippen molar-refractivity contribution < 1.29 is 27.1 Å². The number of hydrogen-bond acceptors (Lipinski definition) is 5. The Balaban J connectivity index is 0.000000417. The lowest BCUT2D eigenvalue weighted by atomic mass is 10.0. The van der Waals surface area contributed by atoms with Gasteiger partial charge in [-0.3, -0.25) is 4.79 Å². The van der Waals surface area contributed by atoms with Gasteiger partial charge in [0.1, 0.15) is 23.6 Å². The van der Waals surface area contributed by atoms with E-state index < -0.39 is 12.2 Å². The molecule has 0 aliphatic rings. The molecule has 0 aliphatic heterocycles. The van der Waals surface area contributed by atoms with Gasteiger partial charge in [0, 0.05) is 35.4 Å². The Bertz CT molecular complexity index is 1520. The summed E-state index contributed by atoms with van der Waals surface area (Å²) in [7, 11) is 0. The molecule has 3 aromatic carbocycles. The smallest absolute Gasteiger partial charge is 0.405 e. The van der Waals surface area contributed by atoms with Gasteiger partial charge in [-0.15, -0.1) is 13.2 Å². The minimum atomic E-state index is -4.81. The van der Waals surface area contributed by atoms with E-state index in [4.69, 9.17) is 0 Å². The first-order valence-electron chi connectivity index (χ1n) is 10.9. The molecule has 2 heterocycles. The SMILES string of the molecule is Brc1ncccn1.O=C(c1ccc(F)cc1)c1cn(-c2cccc(-c3ccccc3OC(F)(F)F)c2)cn1. The van der Waals surface area contributed by atoms with Crippen molar-refractivity contribution in [1.29, 1.82) is 0 Å². The largest absolute Gasteiger partial charge is 0.573 e. The number of rotatable bonds is 5. The Morgan fingerprint density at radius 1 is 0.868 bits per heavy atom. The molecule has 5 rings (SSSR count).